The Bertz CT molecular complexity index is 509. The van der Waals surface area contributed by atoms with Gasteiger partial charge in [0, 0.05) is 59.5 Å². The van der Waals surface area contributed by atoms with Gasteiger partial charge in [-0.2, -0.15) is 0 Å². The normalized spacial score (nSPS) is 13.2. The van der Waals surface area contributed by atoms with E-state index in [4.69, 9.17) is 4.74 Å². The van der Waals surface area contributed by atoms with Crippen LogP contribution in [0.4, 0.5) is 0 Å². The van der Waals surface area contributed by atoms with Crippen LogP contribution >= 0.6 is 0 Å². The Morgan fingerprint density at radius 3 is 2.48 bits per heavy atom. The molecule has 1 atom stereocenters. The summed E-state index contributed by atoms with van der Waals surface area (Å²) in [4.78, 5) is 9.01. The van der Waals surface area contributed by atoms with E-state index in [1.54, 1.807) is 7.11 Å². The van der Waals surface area contributed by atoms with Crippen molar-refractivity contribution >= 4 is 5.96 Å². The van der Waals surface area contributed by atoms with Crippen LogP contribution in [0.2, 0.25) is 0 Å². The summed E-state index contributed by atoms with van der Waals surface area (Å²) in [5.74, 6) is 0.873. The summed E-state index contributed by atoms with van der Waals surface area (Å²) in [7, 11) is 7.89. The smallest absolute Gasteiger partial charge is 0.191 e. The third-order valence-electron chi connectivity index (χ3n) is 4.78. The second-order valence-corrected chi connectivity index (χ2v) is 7.11. The van der Waals surface area contributed by atoms with E-state index in [0.29, 0.717) is 6.04 Å². The van der Waals surface area contributed by atoms with Crippen molar-refractivity contribution in [1.82, 2.24) is 20.4 Å². The van der Waals surface area contributed by atoms with Crippen molar-refractivity contribution in [1.29, 1.82) is 0 Å². The Hall–Kier alpha value is -1.63. The Balaban J connectivity index is 2.18. The van der Waals surface area contributed by atoms with Crippen LogP contribution in [0.25, 0.3) is 0 Å². The van der Waals surface area contributed by atoms with Crippen LogP contribution in [0.1, 0.15) is 25.3 Å². The van der Waals surface area contributed by atoms with Gasteiger partial charge in [-0.05, 0) is 39.4 Å². The lowest BCUT2D eigenvalue weighted by atomic mass is 10.1. The maximum Gasteiger partial charge on any atom is 0.191 e. The van der Waals surface area contributed by atoms with Gasteiger partial charge in [-0.1, -0.05) is 30.3 Å². The zero-order chi connectivity index (χ0) is 19.9. The average Bonchev–Trinajstić information content (AvgIpc) is 2.67. The molecule has 1 aromatic carbocycles. The molecule has 6 nitrogen and oxygen atoms in total. The SMILES string of the molecule is CN=C(NCCC(C)N(C)Cc1ccccc1)NCCN(C)CCCOC. The molecule has 27 heavy (non-hydrogen) atoms. The Morgan fingerprint density at radius 1 is 1.11 bits per heavy atom. The van der Waals surface area contributed by atoms with Gasteiger partial charge in [0.25, 0.3) is 0 Å². The fourth-order valence-corrected chi connectivity index (χ4v) is 2.82. The maximum absolute atomic E-state index is 5.09. The number of aliphatic imine (C=N–C) groups is 1. The van der Waals surface area contributed by atoms with Gasteiger partial charge >= 0.3 is 0 Å². The van der Waals surface area contributed by atoms with E-state index >= 15 is 0 Å². The van der Waals surface area contributed by atoms with Gasteiger partial charge in [-0.3, -0.25) is 9.89 Å². The van der Waals surface area contributed by atoms with E-state index in [9.17, 15) is 0 Å². The fraction of sp³-hybridized carbons (Fsp3) is 0.667. The summed E-state index contributed by atoms with van der Waals surface area (Å²) in [6.07, 6.45) is 2.13. The Kier molecular flexibility index (Phi) is 12.5. The van der Waals surface area contributed by atoms with E-state index < -0.39 is 0 Å². The molecule has 0 heterocycles. The molecule has 0 aliphatic heterocycles. The predicted octanol–water partition coefficient (Wildman–Crippen LogP) is 2.03. The van der Waals surface area contributed by atoms with Crippen molar-refractivity contribution in [2.24, 2.45) is 4.99 Å². The molecular weight excluding hydrogens is 338 g/mol. The number of guanidine groups is 1. The number of nitrogens with one attached hydrogen (secondary N) is 2. The minimum Gasteiger partial charge on any atom is -0.385 e. The molecule has 0 aliphatic carbocycles. The van der Waals surface area contributed by atoms with Crippen LogP contribution in [-0.2, 0) is 11.3 Å². The molecule has 0 saturated carbocycles. The molecule has 0 fully saturated rings. The number of likely N-dealkylation sites (N-methyl/N-ethyl adjacent to an activating group) is 1. The molecule has 0 aromatic heterocycles. The number of hydrogen-bond acceptors (Lipinski definition) is 4. The summed E-state index contributed by atoms with van der Waals surface area (Å²) in [5, 5.41) is 6.80. The first-order chi connectivity index (χ1) is 13.1. The molecule has 0 aliphatic rings. The third-order valence-corrected chi connectivity index (χ3v) is 4.78. The number of rotatable bonds is 13. The Labute approximate surface area is 166 Å². The standard InChI is InChI=1S/C21H39N5O/c1-19(26(4)18-20-10-7-6-8-11-20)12-13-23-21(22-2)24-14-16-25(3)15-9-17-27-5/h6-8,10-11,19H,9,12-18H2,1-5H3,(H2,22,23,24). The minimum absolute atomic E-state index is 0.503. The molecule has 1 rings (SSSR count). The first-order valence-corrected chi connectivity index (χ1v) is 9.93. The molecule has 1 unspecified atom stereocenters. The largest absolute Gasteiger partial charge is 0.385 e. The Morgan fingerprint density at radius 2 is 1.81 bits per heavy atom. The van der Waals surface area contributed by atoms with Crippen molar-refractivity contribution in [3.05, 3.63) is 35.9 Å². The average molecular weight is 378 g/mol. The van der Waals surface area contributed by atoms with Gasteiger partial charge < -0.3 is 20.3 Å². The lowest BCUT2D eigenvalue weighted by Crippen LogP contribution is -2.42. The molecule has 0 bridgehead atoms. The van der Waals surface area contributed by atoms with E-state index in [1.165, 1.54) is 5.56 Å². The van der Waals surface area contributed by atoms with E-state index in [2.05, 4.69) is 76.8 Å². The van der Waals surface area contributed by atoms with E-state index in [0.717, 1.165) is 58.1 Å². The second kappa shape index (κ2) is 14.4. The highest BCUT2D eigenvalue weighted by Gasteiger charge is 2.09. The molecule has 2 N–H and O–H groups in total. The highest BCUT2D eigenvalue weighted by Crippen LogP contribution is 2.07. The van der Waals surface area contributed by atoms with Crippen molar-refractivity contribution in [3.8, 4) is 0 Å². The zero-order valence-corrected chi connectivity index (χ0v) is 17.9. The van der Waals surface area contributed by atoms with E-state index in [1.807, 2.05) is 7.05 Å². The van der Waals surface area contributed by atoms with Gasteiger partial charge in [0.1, 0.15) is 0 Å². The molecule has 0 amide bonds. The van der Waals surface area contributed by atoms with Crippen LogP contribution in [0.5, 0.6) is 0 Å². The molecule has 0 spiro atoms. The van der Waals surface area contributed by atoms with Gasteiger partial charge in [0.15, 0.2) is 5.96 Å². The topological polar surface area (TPSA) is 52.1 Å². The summed E-state index contributed by atoms with van der Waals surface area (Å²) in [6.45, 7) is 7.89. The molecule has 6 heteroatoms. The van der Waals surface area contributed by atoms with Crippen LogP contribution in [-0.4, -0.2) is 82.8 Å². The highest BCUT2D eigenvalue weighted by atomic mass is 16.5. The summed E-state index contributed by atoms with van der Waals surface area (Å²) in [6, 6.07) is 11.1. The van der Waals surface area contributed by atoms with Crippen molar-refractivity contribution in [2.45, 2.75) is 32.4 Å². The first kappa shape index (κ1) is 23.4. The van der Waals surface area contributed by atoms with Crippen LogP contribution in [0.3, 0.4) is 0 Å². The van der Waals surface area contributed by atoms with Gasteiger partial charge in [-0.15, -0.1) is 0 Å². The fourth-order valence-electron chi connectivity index (χ4n) is 2.82. The maximum atomic E-state index is 5.09. The van der Waals surface area contributed by atoms with Gasteiger partial charge in [0.05, 0.1) is 0 Å². The van der Waals surface area contributed by atoms with Crippen LogP contribution in [0.15, 0.2) is 35.3 Å². The van der Waals surface area contributed by atoms with Gasteiger partial charge in [0.2, 0.25) is 0 Å². The monoisotopic (exact) mass is 377 g/mol. The number of ether oxygens (including phenoxy) is 1. The summed E-state index contributed by atoms with van der Waals surface area (Å²) < 4.78 is 5.09. The molecular formula is C21H39N5O. The molecule has 0 saturated heterocycles. The number of hydrogen-bond donors (Lipinski definition) is 2. The molecule has 154 valence electrons. The lowest BCUT2D eigenvalue weighted by Gasteiger charge is -2.25. The lowest BCUT2D eigenvalue weighted by molar-refractivity contribution is 0.180. The van der Waals surface area contributed by atoms with E-state index in [-0.39, 0.29) is 0 Å². The van der Waals surface area contributed by atoms with Crippen molar-refractivity contribution in [3.63, 3.8) is 0 Å². The third kappa shape index (κ3) is 11.0. The quantitative estimate of drug-likeness (QED) is 0.313. The number of nitrogens with zero attached hydrogens (tertiary/aromatic N) is 3. The predicted molar refractivity (Wildman–Crippen MR) is 115 cm³/mol. The van der Waals surface area contributed by atoms with Crippen molar-refractivity contribution < 1.29 is 4.74 Å². The summed E-state index contributed by atoms with van der Waals surface area (Å²) in [5.41, 5.74) is 1.35. The van der Waals surface area contributed by atoms with Crippen LogP contribution in [0, 0.1) is 0 Å². The molecule has 0 radical (unpaired) electrons. The number of benzene rings is 1. The molecule has 1 aromatic rings. The zero-order valence-electron chi connectivity index (χ0n) is 17.9. The first-order valence-electron chi connectivity index (χ1n) is 9.93. The minimum atomic E-state index is 0.503. The van der Waals surface area contributed by atoms with Crippen LogP contribution < -0.4 is 10.6 Å². The highest BCUT2D eigenvalue weighted by molar-refractivity contribution is 5.79. The van der Waals surface area contributed by atoms with Crippen molar-refractivity contribution in [2.75, 3.05) is 61.0 Å². The van der Waals surface area contributed by atoms with Gasteiger partial charge in [-0.25, -0.2) is 0 Å². The number of methoxy groups -OCH3 is 1. The summed E-state index contributed by atoms with van der Waals surface area (Å²) >= 11 is 0. The second-order valence-electron chi connectivity index (χ2n) is 7.11.